The Morgan fingerprint density at radius 1 is 1.33 bits per heavy atom. The number of benzene rings is 1. The van der Waals surface area contributed by atoms with Gasteiger partial charge in [0.15, 0.2) is 6.29 Å². The molecule has 2 rings (SSSR count). The molecule has 0 aromatic heterocycles. The van der Waals surface area contributed by atoms with Crippen LogP contribution >= 0.6 is 0 Å². The molecule has 0 radical (unpaired) electrons. The normalized spacial score (nSPS) is 17.2. The molecular formula is C16H23N3O5. The fourth-order valence-electron chi connectivity index (χ4n) is 2.51. The molecule has 1 saturated heterocycles. The molecule has 0 bridgehead atoms. The quantitative estimate of drug-likeness (QED) is 0.716. The third kappa shape index (κ3) is 4.59. The molecule has 1 aliphatic heterocycles. The molecule has 3 amide bonds. The van der Waals surface area contributed by atoms with E-state index in [9.17, 15) is 9.59 Å². The van der Waals surface area contributed by atoms with Gasteiger partial charge in [0.2, 0.25) is 5.91 Å². The van der Waals surface area contributed by atoms with E-state index in [1.807, 2.05) is 18.2 Å². The van der Waals surface area contributed by atoms with Gasteiger partial charge in [-0.1, -0.05) is 6.07 Å². The van der Waals surface area contributed by atoms with E-state index in [1.165, 1.54) is 14.2 Å². The van der Waals surface area contributed by atoms with E-state index in [-0.39, 0.29) is 30.9 Å². The molecule has 0 saturated carbocycles. The number of nitrogens with zero attached hydrogens (tertiary/aromatic N) is 1. The molecule has 1 atom stereocenters. The number of hydrogen-bond acceptors (Lipinski definition) is 5. The van der Waals surface area contributed by atoms with E-state index >= 15 is 0 Å². The number of ether oxygens (including phenoxy) is 3. The van der Waals surface area contributed by atoms with Crippen LogP contribution in [0.25, 0.3) is 0 Å². The molecule has 1 aromatic carbocycles. The van der Waals surface area contributed by atoms with Gasteiger partial charge in [-0.15, -0.1) is 0 Å². The smallest absolute Gasteiger partial charge is 0.315 e. The maximum absolute atomic E-state index is 12.2. The second-order valence-corrected chi connectivity index (χ2v) is 5.36. The molecule has 24 heavy (non-hydrogen) atoms. The average molecular weight is 337 g/mol. The van der Waals surface area contributed by atoms with Crippen LogP contribution in [0.4, 0.5) is 10.5 Å². The Kier molecular flexibility index (Phi) is 6.39. The van der Waals surface area contributed by atoms with Crippen LogP contribution in [0.2, 0.25) is 0 Å². The molecule has 2 N–H and O–H groups in total. The van der Waals surface area contributed by atoms with Gasteiger partial charge in [-0.2, -0.15) is 0 Å². The SMILES string of the molecule is COc1cccc(N2CC(NC(=O)NCC(OC)OC)CC2=O)c1. The lowest BCUT2D eigenvalue weighted by molar-refractivity contribution is -0.117. The number of anilines is 1. The Labute approximate surface area is 141 Å². The van der Waals surface area contributed by atoms with Gasteiger partial charge < -0.3 is 29.7 Å². The van der Waals surface area contributed by atoms with E-state index in [1.54, 1.807) is 18.1 Å². The van der Waals surface area contributed by atoms with Gasteiger partial charge in [-0.3, -0.25) is 4.79 Å². The van der Waals surface area contributed by atoms with Crippen LogP contribution in [0.15, 0.2) is 24.3 Å². The van der Waals surface area contributed by atoms with E-state index in [4.69, 9.17) is 14.2 Å². The summed E-state index contributed by atoms with van der Waals surface area (Å²) < 4.78 is 15.2. The first-order chi connectivity index (χ1) is 11.6. The average Bonchev–Trinajstić information content (AvgIpc) is 2.96. The monoisotopic (exact) mass is 337 g/mol. The number of carbonyl (C=O) groups is 2. The van der Waals surface area contributed by atoms with Crippen LogP contribution in [0.5, 0.6) is 5.75 Å². The first-order valence-electron chi connectivity index (χ1n) is 7.61. The van der Waals surface area contributed by atoms with E-state index in [0.717, 1.165) is 5.69 Å². The van der Waals surface area contributed by atoms with Gasteiger partial charge >= 0.3 is 6.03 Å². The zero-order valence-electron chi connectivity index (χ0n) is 14.1. The minimum atomic E-state index is -0.505. The molecule has 1 heterocycles. The van der Waals surface area contributed by atoms with Crippen molar-refractivity contribution in [3.63, 3.8) is 0 Å². The Hall–Kier alpha value is -2.32. The van der Waals surface area contributed by atoms with Crippen molar-refractivity contribution in [1.29, 1.82) is 0 Å². The number of nitrogens with one attached hydrogen (secondary N) is 2. The van der Waals surface area contributed by atoms with Crippen molar-refractivity contribution in [2.75, 3.05) is 39.3 Å². The van der Waals surface area contributed by atoms with Crippen molar-refractivity contribution >= 4 is 17.6 Å². The fraction of sp³-hybridized carbons (Fsp3) is 0.500. The lowest BCUT2D eigenvalue weighted by Crippen LogP contribution is -2.46. The van der Waals surface area contributed by atoms with E-state index in [0.29, 0.717) is 12.3 Å². The molecule has 1 unspecified atom stereocenters. The van der Waals surface area contributed by atoms with Crippen molar-refractivity contribution in [2.45, 2.75) is 18.8 Å². The summed E-state index contributed by atoms with van der Waals surface area (Å²) in [4.78, 5) is 25.7. The van der Waals surface area contributed by atoms with Crippen molar-refractivity contribution in [3.8, 4) is 5.75 Å². The van der Waals surface area contributed by atoms with Gasteiger partial charge in [0.05, 0.1) is 19.7 Å². The number of methoxy groups -OCH3 is 3. The summed E-state index contributed by atoms with van der Waals surface area (Å²) in [5.74, 6) is 0.639. The summed E-state index contributed by atoms with van der Waals surface area (Å²) in [6.45, 7) is 0.635. The third-order valence-corrected chi connectivity index (χ3v) is 3.78. The number of amides is 3. The highest BCUT2D eigenvalue weighted by molar-refractivity contribution is 5.97. The van der Waals surface area contributed by atoms with Crippen LogP contribution in [0, 0.1) is 0 Å². The molecule has 8 nitrogen and oxygen atoms in total. The van der Waals surface area contributed by atoms with E-state index < -0.39 is 6.29 Å². The van der Waals surface area contributed by atoms with Gasteiger partial charge in [0.1, 0.15) is 5.75 Å². The summed E-state index contributed by atoms with van der Waals surface area (Å²) in [5, 5.41) is 5.44. The van der Waals surface area contributed by atoms with E-state index in [2.05, 4.69) is 10.6 Å². The lowest BCUT2D eigenvalue weighted by Gasteiger charge is -2.19. The van der Waals surface area contributed by atoms with Crippen LogP contribution in [0.1, 0.15) is 6.42 Å². The van der Waals surface area contributed by atoms with Crippen molar-refractivity contribution in [1.82, 2.24) is 10.6 Å². The highest BCUT2D eigenvalue weighted by Gasteiger charge is 2.31. The number of urea groups is 1. The fourth-order valence-corrected chi connectivity index (χ4v) is 2.51. The number of rotatable bonds is 7. The summed E-state index contributed by atoms with van der Waals surface area (Å²) in [5.41, 5.74) is 0.753. The Balaban J connectivity index is 1.88. The highest BCUT2D eigenvalue weighted by Crippen LogP contribution is 2.25. The summed E-state index contributed by atoms with van der Waals surface area (Å²) in [6, 6.07) is 6.65. The minimum Gasteiger partial charge on any atom is -0.497 e. The van der Waals surface area contributed by atoms with Crippen LogP contribution in [-0.4, -0.2) is 58.7 Å². The number of hydrogen-bond donors (Lipinski definition) is 2. The van der Waals surface area contributed by atoms with Crippen LogP contribution in [0.3, 0.4) is 0 Å². The topological polar surface area (TPSA) is 89.1 Å². The molecule has 0 spiro atoms. The van der Waals surface area contributed by atoms with Crippen molar-refractivity contribution in [2.24, 2.45) is 0 Å². The second-order valence-electron chi connectivity index (χ2n) is 5.36. The molecule has 1 aromatic rings. The molecule has 1 aliphatic rings. The van der Waals surface area contributed by atoms with Gasteiger partial charge in [-0.05, 0) is 12.1 Å². The standard InChI is InChI=1S/C16H23N3O5/c1-22-13-6-4-5-12(8-13)19-10-11(7-14(19)20)18-16(21)17-9-15(23-2)24-3/h4-6,8,11,15H,7,9-10H2,1-3H3,(H2,17,18,21). The first kappa shape index (κ1) is 18.0. The second kappa shape index (κ2) is 8.51. The predicted molar refractivity (Wildman–Crippen MR) is 88.1 cm³/mol. The highest BCUT2D eigenvalue weighted by atomic mass is 16.7. The summed E-state index contributed by atoms with van der Waals surface area (Å²) in [6.07, 6.45) is -0.253. The maximum atomic E-state index is 12.2. The van der Waals surface area contributed by atoms with Crippen LogP contribution < -0.4 is 20.3 Å². The Morgan fingerprint density at radius 2 is 2.08 bits per heavy atom. The lowest BCUT2D eigenvalue weighted by atomic mass is 10.2. The summed E-state index contributed by atoms with van der Waals surface area (Å²) in [7, 11) is 4.57. The van der Waals surface area contributed by atoms with Crippen molar-refractivity contribution in [3.05, 3.63) is 24.3 Å². The molecule has 1 fully saturated rings. The Bertz CT molecular complexity index is 577. The van der Waals surface area contributed by atoms with Crippen LogP contribution in [-0.2, 0) is 14.3 Å². The largest absolute Gasteiger partial charge is 0.497 e. The van der Waals surface area contributed by atoms with Crippen molar-refractivity contribution < 1.29 is 23.8 Å². The third-order valence-electron chi connectivity index (χ3n) is 3.78. The Morgan fingerprint density at radius 3 is 2.75 bits per heavy atom. The predicted octanol–water partition coefficient (Wildman–Crippen LogP) is 0.719. The van der Waals surface area contributed by atoms with Gasteiger partial charge in [0, 0.05) is 38.9 Å². The zero-order valence-corrected chi connectivity index (χ0v) is 14.1. The number of carbonyl (C=O) groups excluding carboxylic acids is 2. The molecule has 0 aliphatic carbocycles. The summed E-state index contributed by atoms with van der Waals surface area (Å²) >= 11 is 0. The molecule has 132 valence electrons. The minimum absolute atomic E-state index is 0.0415. The van der Waals surface area contributed by atoms with Gasteiger partial charge in [0.25, 0.3) is 0 Å². The van der Waals surface area contributed by atoms with Gasteiger partial charge in [-0.25, -0.2) is 4.79 Å². The molecular weight excluding hydrogens is 314 g/mol. The maximum Gasteiger partial charge on any atom is 0.315 e. The first-order valence-corrected chi connectivity index (χ1v) is 7.61. The molecule has 8 heteroatoms. The zero-order chi connectivity index (χ0) is 17.5.